The van der Waals surface area contributed by atoms with Crippen LogP contribution in [-0.2, 0) is 10.1 Å². The first kappa shape index (κ1) is 25.7. The second-order valence-electron chi connectivity index (χ2n) is 5.76. The van der Waals surface area contributed by atoms with Gasteiger partial charge < -0.3 is 15.0 Å². The van der Waals surface area contributed by atoms with Crippen LogP contribution in [-0.4, -0.2) is 18.9 Å². The average Bonchev–Trinajstić information content (AvgIpc) is 2.60. The molecule has 138 valence electrons. The van der Waals surface area contributed by atoms with Crippen LogP contribution < -0.4 is 69.3 Å². The zero-order chi connectivity index (χ0) is 19.8. The van der Waals surface area contributed by atoms with Crippen LogP contribution in [0.1, 0.15) is 15.9 Å². The summed E-state index contributed by atoms with van der Waals surface area (Å²) in [6, 6.07) is 11.7. The van der Waals surface area contributed by atoms with Gasteiger partial charge in [0, 0.05) is 5.39 Å². The number of aryl methyl sites for hydroxylation is 1. The maximum atomic E-state index is 12.4. The molecule has 0 aliphatic heterocycles. The quantitative estimate of drug-likeness (QED) is 0.256. The molecule has 0 atom stereocenters. The second kappa shape index (κ2) is 10.1. The monoisotopic (exact) mass is 430 g/mol. The largest absolute Gasteiger partial charge is 1.00 e. The molecule has 11 heteroatoms. The Bertz CT molecular complexity index is 1210. The number of hydrogen-bond donors (Lipinski definition) is 1. The summed E-state index contributed by atoms with van der Waals surface area (Å²) in [5, 5.41) is 32.0. The minimum absolute atomic E-state index is 0. The van der Waals surface area contributed by atoms with Crippen molar-refractivity contribution in [2.45, 2.75) is 11.8 Å². The van der Waals surface area contributed by atoms with Crippen LogP contribution in [0.15, 0.2) is 63.7 Å². The predicted octanol–water partition coefficient (Wildman–Crippen LogP) is -3.74. The number of hydrogen-bond acceptors (Lipinski definition) is 7. The molecule has 3 aromatic rings. The first-order valence-electron chi connectivity index (χ1n) is 7.62. The van der Waals surface area contributed by atoms with E-state index in [1.807, 2.05) is 0 Å². The van der Waals surface area contributed by atoms with E-state index < -0.39 is 32.3 Å². The van der Waals surface area contributed by atoms with E-state index in [1.54, 1.807) is 37.3 Å². The number of carbonyl (C=O) groups is 1. The van der Waals surface area contributed by atoms with Crippen LogP contribution in [0, 0.1) is 6.92 Å². The summed E-state index contributed by atoms with van der Waals surface area (Å²) in [6.45, 7) is 1.63. The molecule has 0 spiro atoms. The molecule has 0 aromatic heterocycles. The molecule has 0 aliphatic rings. The number of benzene rings is 3. The van der Waals surface area contributed by atoms with E-state index in [-0.39, 0.29) is 70.5 Å². The van der Waals surface area contributed by atoms with Crippen LogP contribution in [0.5, 0.6) is 5.75 Å². The fourth-order valence-electron chi connectivity index (χ4n) is 2.57. The van der Waals surface area contributed by atoms with Gasteiger partial charge in [-0.3, -0.25) is 4.55 Å². The molecule has 0 bridgehead atoms. The van der Waals surface area contributed by atoms with Crippen molar-refractivity contribution in [3.63, 3.8) is 0 Å². The smallest absolute Gasteiger partial charge is 0.871 e. The van der Waals surface area contributed by atoms with E-state index in [2.05, 4.69) is 10.2 Å². The summed E-state index contributed by atoms with van der Waals surface area (Å²) in [6.07, 6.45) is 0. The van der Waals surface area contributed by atoms with Crippen molar-refractivity contribution in [1.82, 2.24) is 0 Å². The Labute approximate surface area is 211 Å². The normalized spacial score (nSPS) is 11.1. The van der Waals surface area contributed by atoms with Crippen molar-refractivity contribution in [1.29, 1.82) is 0 Å². The van der Waals surface area contributed by atoms with Crippen LogP contribution in [0.2, 0.25) is 0 Å². The van der Waals surface area contributed by atoms with Crippen molar-refractivity contribution in [3.8, 4) is 5.75 Å². The van der Waals surface area contributed by atoms with Crippen molar-refractivity contribution in [3.05, 3.63) is 59.7 Å². The van der Waals surface area contributed by atoms with Crippen LogP contribution in [0.4, 0.5) is 11.4 Å². The van der Waals surface area contributed by atoms with Gasteiger partial charge in [0.15, 0.2) is 0 Å². The third-order valence-electron chi connectivity index (χ3n) is 3.85. The Balaban J connectivity index is 0.00000210. The summed E-state index contributed by atoms with van der Waals surface area (Å²) in [5.74, 6) is -2.56. The molecule has 0 amide bonds. The van der Waals surface area contributed by atoms with Crippen LogP contribution in [0.3, 0.4) is 0 Å². The number of carbonyl (C=O) groups excluding carboxylic acids is 1. The van der Waals surface area contributed by atoms with Gasteiger partial charge in [-0.25, -0.2) is 0 Å². The molecule has 3 rings (SSSR count). The maximum absolute atomic E-state index is 12.4. The first-order valence-corrected chi connectivity index (χ1v) is 9.06. The van der Waals surface area contributed by atoms with Crippen LogP contribution >= 0.6 is 0 Å². The van der Waals surface area contributed by atoms with Crippen molar-refractivity contribution in [2.75, 3.05) is 0 Å². The van der Waals surface area contributed by atoms with Gasteiger partial charge in [-0.1, -0.05) is 36.1 Å². The minimum Gasteiger partial charge on any atom is -0.871 e. The molecule has 0 heterocycles. The fourth-order valence-corrected chi connectivity index (χ4v) is 3.28. The molecular formula is C18H12N2Na2O6S. The summed E-state index contributed by atoms with van der Waals surface area (Å²) >= 11 is 0. The molecule has 0 saturated carbocycles. The summed E-state index contributed by atoms with van der Waals surface area (Å²) in [7, 11) is -4.57. The summed E-state index contributed by atoms with van der Waals surface area (Å²) in [5.41, 5.74) is -0.475. The van der Waals surface area contributed by atoms with Crippen LogP contribution in [0.25, 0.3) is 10.8 Å². The summed E-state index contributed by atoms with van der Waals surface area (Å²) in [4.78, 5) is 10.7. The summed E-state index contributed by atoms with van der Waals surface area (Å²) < 4.78 is 32.4. The molecule has 0 aliphatic carbocycles. The molecule has 0 saturated heterocycles. The Morgan fingerprint density at radius 3 is 2.31 bits per heavy atom. The Hall–Kier alpha value is -1.30. The number of rotatable bonds is 4. The fraction of sp³-hybridized carbons (Fsp3) is 0.0556. The zero-order valence-electron chi connectivity index (χ0n) is 15.9. The molecule has 0 fully saturated rings. The molecule has 3 aromatic carbocycles. The molecule has 0 unspecified atom stereocenters. The molecule has 1 N–H and O–H groups in total. The SMILES string of the molecule is Cc1ccc(N=Nc2c([O-])c(C(=O)[O-])cc3ccccc23)c(S(=O)(=O)O)c1.[Na+].[Na+]. The van der Waals surface area contributed by atoms with E-state index in [9.17, 15) is 28.0 Å². The van der Waals surface area contributed by atoms with E-state index in [1.165, 1.54) is 18.2 Å². The zero-order valence-corrected chi connectivity index (χ0v) is 20.7. The van der Waals surface area contributed by atoms with E-state index >= 15 is 0 Å². The van der Waals surface area contributed by atoms with Gasteiger partial charge in [0.05, 0.1) is 11.7 Å². The van der Waals surface area contributed by atoms with Gasteiger partial charge in [-0.2, -0.15) is 13.5 Å². The van der Waals surface area contributed by atoms with Gasteiger partial charge in [-0.15, -0.1) is 5.11 Å². The number of aromatic carboxylic acids is 1. The van der Waals surface area contributed by atoms with Gasteiger partial charge in [0.2, 0.25) is 0 Å². The minimum atomic E-state index is -4.57. The van der Waals surface area contributed by atoms with E-state index in [0.29, 0.717) is 16.3 Å². The van der Waals surface area contributed by atoms with Gasteiger partial charge >= 0.3 is 59.1 Å². The molecular weight excluding hydrogens is 418 g/mol. The van der Waals surface area contributed by atoms with E-state index in [0.717, 1.165) is 0 Å². The maximum Gasteiger partial charge on any atom is 1.00 e. The molecule has 0 radical (unpaired) electrons. The average molecular weight is 430 g/mol. The number of fused-ring (bicyclic) bond motifs is 1. The number of carboxylic acids is 1. The third kappa shape index (κ3) is 5.65. The van der Waals surface area contributed by atoms with Crippen molar-refractivity contribution < 1.29 is 87.1 Å². The number of nitrogens with zero attached hydrogens (tertiary/aromatic N) is 2. The Morgan fingerprint density at radius 2 is 1.69 bits per heavy atom. The standard InChI is InChI=1S/C18H14N2O6S.2Na/c1-10-6-7-14(15(8-10)27(24,25)26)19-20-16-12-5-3-2-4-11(12)9-13(17(16)21)18(22)23;;/h2-9,21H,1H3,(H,22,23)(H,24,25,26);;/q;2*+1/p-2. The van der Waals surface area contributed by atoms with E-state index in [4.69, 9.17) is 0 Å². The van der Waals surface area contributed by atoms with Crippen molar-refractivity contribution in [2.24, 2.45) is 10.2 Å². The third-order valence-corrected chi connectivity index (χ3v) is 4.73. The molecule has 8 nitrogen and oxygen atoms in total. The van der Waals surface area contributed by atoms with Gasteiger partial charge in [-0.05, 0) is 41.6 Å². The van der Waals surface area contributed by atoms with Gasteiger partial charge in [0.1, 0.15) is 10.6 Å². The number of azo groups is 1. The first-order chi connectivity index (χ1) is 12.7. The Morgan fingerprint density at radius 1 is 1.03 bits per heavy atom. The topological polar surface area (TPSA) is 142 Å². The predicted molar refractivity (Wildman–Crippen MR) is 92.9 cm³/mol. The van der Waals surface area contributed by atoms with Gasteiger partial charge in [0.25, 0.3) is 10.1 Å². The Kier molecular flexibility index (Phi) is 9.00. The number of carboxylic acid groups (broad SMARTS) is 1. The van der Waals surface area contributed by atoms with Crippen molar-refractivity contribution >= 4 is 38.2 Å². The molecule has 29 heavy (non-hydrogen) atoms. The second-order valence-corrected chi connectivity index (χ2v) is 7.15.